The van der Waals surface area contributed by atoms with Gasteiger partial charge in [0.25, 0.3) is 11.8 Å². The number of para-hydroxylation sites is 1. The third kappa shape index (κ3) is 4.73. The van der Waals surface area contributed by atoms with E-state index >= 15 is 0 Å². The number of hydrogen-bond donors (Lipinski definition) is 1. The summed E-state index contributed by atoms with van der Waals surface area (Å²) in [5, 5.41) is 3.59. The van der Waals surface area contributed by atoms with Crippen LogP contribution in [0.25, 0.3) is 11.0 Å². The fourth-order valence-corrected chi connectivity index (χ4v) is 3.76. The van der Waals surface area contributed by atoms with Crippen molar-refractivity contribution >= 4 is 22.8 Å². The normalized spacial score (nSPS) is 15.3. The summed E-state index contributed by atoms with van der Waals surface area (Å²) in [5.74, 6) is -0.249. The molecular formula is C23H21F3N2O3. The van der Waals surface area contributed by atoms with Gasteiger partial charge in [-0.25, -0.2) is 0 Å². The monoisotopic (exact) mass is 430 g/mol. The largest absolute Gasteiger partial charge is 0.451 e. The number of hydrogen-bond acceptors (Lipinski definition) is 3. The fourth-order valence-electron chi connectivity index (χ4n) is 3.76. The van der Waals surface area contributed by atoms with E-state index in [1.54, 1.807) is 11.0 Å². The number of carbonyl (C=O) groups is 2. The van der Waals surface area contributed by atoms with E-state index < -0.39 is 17.6 Å². The molecule has 0 spiro atoms. The van der Waals surface area contributed by atoms with Crippen LogP contribution in [0.3, 0.4) is 0 Å². The lowest BCUT2D eigenvalue weighted by molar-refractivity contribution is -0.137. The number of piperidine rings is 1. The number of amides is 2. The third-order valence-electron chi connectivity index (χ3n) is 5.54. The van der Waals surface area contributed by atoms with Gasteiger partial charge in [-0.05, 0) is 49.1 Å². The zero-order chi connectivity index (χ0) is 22.0. The van der Waals surface area contributed by atoms with Crippen LogP contribution in [-0.4, -0.2) is 36.3 Å². The molecule has 2 heterocycles. The number of nitrogens with zero attached hydrogens (tertiary/aromatic N) is 1. The highest BCUT2D eigenvalue weighted by molar-refractivity contribution is 5.96. The molecule has 1 aliphatic rings. The van der Waals surface area contributed by atoms with Crippen molar-refractivity contribution in [2.24, 2.45) is 5.92 Å². The number of rotatable bonds is 4. The van der Waals surface area contributed by atoms with Crippen molar-refractivity contribution in [3.05, 3.63) is 71.5 Å². The van der Waals surface area contributed by atoms with Crippen molar-refractivity contribution in [3.8, 4) is 0 Å². The van der Waals surface area contributed by atoms with Gasteiger partial charge in [0.1, 0.15) is 5.58 Å². The van der Waals surface area contributed by atoms with Gasteiger partial charge in [0, 0.05) is 30.6 Å². The highest BCUT2D eigenvalue weighted by Gasteiger charge is 2.31. The number of halogens is 3. The van der Waals surface area contributed by atoms with E-state index in [9.17, 15) is 22.8 Å². The zero-order valence-corrected chi connectivity index (χ0v) is 16.6. The van der Waals surface area contributed by atoms with Gasteiger partial charge in [-0.1, -0.05) is 24.3 Å². The van der Waals surface area contributed by atoms with Crippen LogP contribution < -0.4 is 5.32 Å². The van der Waals surface area contributed by atoms with Crippen LogP contribution in [-0.2, 0) is 6.18 Å². The average molecular weight is 430 g/mol. The average Bonchev–Trinajstić information content (AvgIpc) is 3.21. The molecule has 5 nitrogen and oxygen atoms in total. The first-order valence-electron chi connectivity index (χ1n) is 10.0. The number of furan rings is 1. The van der Waals surface area contributed by atoms with Gasteiger partial charge >= 0.3 is 6.18 Å². The van der Waals surface area contributed by atoms with E-state index in [4.69, 9.17) is 4.42 Å². The van der Waals surface area contributed by atoms with E-state index in [2.05, 4.69) is 5.32 Å². The van der Waals surface area contributed by atoms with E-state index in [-0.39, 0.29) is 17.4 Å². The molecule has 0 aliphatic carbocycles. The number of alkyl halides is 3. The van der Waals surface area contributed by atoms with Gasteiger partial charge in [0.2, 0.25) is 0 Å². The Kier molecular flexibility index (Phi) is 5.71. The summed E-state index contributed by atoms with van der Waals surface area (Å²) in [6.45, 7) is 1.40. The summed E-state index contributed by atoms with van der Waals surface area (Å²) < 4.78 is 44.1. The molecular weight excluding hydrogens is 409 g/mol. The molecule has 0 saturated carbocycles. The van der Waals surface area contributed by atoms with Crippen LogP contribution in [0.5, 0.6) is 0 Å². The minimum Gasteiger partial charge on any atom is -0.451 e. The highest BCUT2D eigenvalue weighted by atomic mass is 19.4. The second kappa shape index (κ2) is 8.45. The Morgan fingerprint density at radius 2 is 1.77 bits per heavy atom. The molecule has 0 bridgehead atoms. The maximum Gasteiger partial charge on any atom is 0.416 e. The van der Waals surface area contributed by atoms with E-state index in [0.29, 0.717) is 43.8 Å². The summed E-state index contributed by atoms with van der Waals surface area (Å²) in [7, 11) is 0. The summed E-state index contributed by atoms with van der Waals surface area (Å²) in [6, 6.07) is 13.5. The van der Waals surface area contributed by atoms with E-state index in [1.165, 1.54) is 12.1 Å². The smallest absolute Gasteiger partial charge is 0.416 e. The second-order valence-electron chi connectivity index (χ2n) is 7.67. The van der Waals surface area contributed by atoms with Crippen molar-refractivity contribution < 1.29 is 27.2 Å². The molecule has 0 atom stereocenters. The first kappa shape index (κ1) is 21.0. The van der Waals surface area contributed by atoms with Gasteiger partial charge < -0.3 is 14.6 Å². The van der Waals surface area contributed by atoms with Crippen LogP contribution >= 0.6 is 0 Å². The summed E-state index contributed by atoms with van der Waals surface area (Å²) in [5.41, 5.74) is -0.206. The van der Waals surface area contributed by atoms with Crippen LogP contribution in [0.4, 0.5) is 13.2 Å². The van der Waals surface area contributed by atoms with Crippen LogP contribution in [0.15, 0.2) is 59.0 Å². The van der Waals surface area contributed by atoms with Crippen LogP contribution in [0.1, 0.15) is 39.3 Å². The zero-order valence-electron chi connectivity index (χ0n) is 16.6. The van der Waals surface area contributed by atoms with Gasteiger partial charge in [-0.3, -0.25) is 9.59 Å². The first-order valence-corrected chi connectivity index (χ1v) is 10.0. The Morgan fingerprint density at radius 1 is 1.03 bits per heavy atom. The first-order chi connectivity index (χ1) is 14.8. The molecule has 8 heteroatoms. The lowest BCUT2D eigenvalue weighted by Gasteiger charge is -2.31. The minimum absolute atomic E-state index is 0.0210. The minimum atomic E-state index is -4.49. The van der Waals surface area contributed by atoms with Crippen molar-refractivity contribution in [2.45, 2.75) is 19.0 Å². The number of benzene rings is 2. The molecule has 2 amide bonds. The maximum absolute atomic E-state index is 12.8. The van der Waals surface area contributed by atoms with E-state index in [1.807, 2.05) is 24.3 Å². The van der Waals surface area contributed by atoms with Gasteiger partial charge in [-0.2, -0.15) is 13.2 Å². The predicted octanol–water partition coefficient (Wildman–Crippen LogP) is 4.73. The van der Waals surface area contributed by atoms with E-state index in [0.717, 1.165) is 17.5 Å². The Hall–Kier alpha value is -3.29. The second-order valence-corrected chi connectivity index (χ2v) is 7.67. The molecule has 1 fully saturated rings. The lowest BCUT2D eigenvalue weighted by atomic mass is 9.96. The third-order valence-corrected chi connectivity index (χ3v) is 5.54. The fraction of sp³-hybridized carbons (Fsp3) is 0.304. The van der Waals surface area contributed by atoms with Gasteiger partial charge in [-0.15, -0.1) is 0 Å². The predicted molar refractivity (Wildman–Crippen MR) is 109 cm³/mol. The molecule has 2 aromatic carbocycles. The molecule has 0 radical (unpaired) electrons. The lowest BCUT2D eigenvalue weighted by Crippen LogP contribution is -2.41. The summed E-state index contributed by atoms with van der Waals surface area (Å²) >= 11 is 0. The molecule has 1 saturated heterocycles. The topological polar surface area (TPSA) is 62.6 Å². The Morgan fingerprint density at radius 3 is 2.48 bits per heavy atom. The Labute approximate surface area is 176 Å². The summed E-state index contributed by atoms with van der Waals surface area (Å²) in [4.78, 5) is 26.7. The number of fused-ring (bicyclic) bond motifs is 1. The molecule has 0 unspecified atom stereocenters. The molecule has 3 aromatic rings. The van der Waals surface area contributed by atoms with Crippen LogP contribution in [0, 0.1) is 5.92 Å². The highest BCUT2D eigenvalue weighted by Crippen LogP contribution is 2.29. The van der Waals surface area contributed by atoms with Crippen LogP contribution in [0.2, 0.25) is 0 Å². The molecule has 1 aromatic heterocycles. The molecule has 31 heavy (non-hydrogen) atoms. The number of nitrogens with one attached hydrogen (secondary N) is 1. The number of likely N-dealkylation sites (tertiary alicyclic amines) is 1. The van der Waals surface area contributed by atoms with Gasteiger partial charge in [0.15, 0.2) is 5.76 Å². The Balaban J connectivity index is 1.29. The molecule has 162 valence electrons. The van der Waals surface area contributed by atoms with Crippen molar-refractivity contribution in [2.75, 3.05) is 19.6 Å². The Bertz CT molecular complexity index is 1070. The molecule has 1 aliphatic heterocycles. The molecule has 4 rings (SSSR count). The standard InChI is InChI=1S/C23H21F3N2O3/c24-23(25,26)18-6-3-5-17(12-18)21(29)27-14-15-8-10-28(11-9-15)22(30)20-13-16-4-1-2-7-19(16)31-20/h1-7,12-13,15H,8-11,14H2,(H,27,29). The van der Waals surface area contributed by atoms with Crippen molar-refractivity contribution in [3.63, 3.8) is 0 Å². The SMILES string of the molecule is O=C(NCC1CCN(C(=O)c2cc3ccccc3o2)CC1)c1cccc(C(F)(F)F)c1. The maximum atomic E-state index is 12.8. The van der Waals surface area contributed by atoms with Crippen molar-refractivity contribution in [1.29, 1.82) is 0 Å². The summed E-state index contributed by atoms with van der Waals surface area (Å²) in [6.07, 6.45) is -3.11. The van der Waals surface area contributed by atoms with Crippen molar-refractivity contribution in [1.82, 2.24) is 10.2 Å². The van der Waals surface area contributed by atoms with Gasteiger partial charge in [0.05, 0.1) is 5.56 Å². The molecule has 1 N–H and O–H groups in total. The number of carbonyl (C=O) groups excluding carboxylic acids is 2. The quantitative estimate of drug-likeness (QED) is 0.651.